The Morgan fingerprint density at radius 2 is 1.86 bits per heavy atom. The van der Waals surface area contributed by atoms with E-state index in [0.29, 0.717) is 23.1 Å². The lowest BCUT2D eigenvalue weighted by molar-refractivity contribution is 0.308. The van der Waals surface area contributed by atoms with Gasteiger partial charge in [0.15, 0.2) is 0 Å². The molecule has 5 nitrogen and oxygen atoms in total. The van der Waals surface area contributed by atoms with Crippen LogP contribution in [0.1, 0.15) is 18.1 Å². The second-order valence-electron chi connectivity index (χ2n) is 6.98. The molecule has 1 aromatic heterocycles. The van der Waals surface area contributed by atoms with Crippen molar-refractivity contribution in [1.29, 1.82) is 0 Å². The second-order valence-corrected chi connectivity index (χ2v) is 9.11. The first-order valence-corrected chi connectivity index (χ1v) is 10.8. The maximum atomic E-state index is 14.3. The molecule has 150 valence electrons. The lowest BCUT2D eigenvalue weighted by atomic mass is 10.1. The van der Waals surface area contributed by atoms with Gasteiger partial charge in [-0.05, 0) is 44.6 Å². The van der Waals surface area contributed by atoms with E-state index < -0.39 is 15.8 Å². The molecule has 0 saturated carbocycles. The largest absolute Gasteiger partial charge is 0.488 e. The van der Waals surface area contributed by atoms with Crippen molar-refractivity contribution in [1.82, 2.24) is 8.87 Å². The predicted octanol–water partition coefficient (Wildman–Crippen LogP) is 3.66. The van der Waals surface area contributed by atoms with Gasteiger partial charge in [0, 0.05) is 24.2 Å². The standard InChI is InChI=1S/C21H25FN2O3S/c1-4-28(25,26)24-14-17(10-11-23(2)3)21-19(24)12-18(22)13-20(21)27-15-16-8-6-5-7-9-16/h5-9,12-14H,4,10-11,15H2,1-3H3. The topological polar surface area (TPSA) is 51.5 Å². The molecule has 0 saturated heterocycles. The van der Waals surface area contributed by atoms with Crippen LogP contribution in [0.2, 0.25) is 0 Å². The van der Waals surface area contributed by atoms with Crippen molar-refractivity contribution in [3.05, 3.63) is 65.6 Å². The molecule has 0 aliphatic heterocycles. The Morgan fingerprint density at radius 3 is 2.50 bits per heavy atom. The minimum Gasteiger partial charge on any atom is -0.488 e. The van der Waals surface area contributed by atoms with Crippen LogP contribution in [0.25, 0.3) is 10.9 Å². The lowest BCUT2D eigenvalue weighted by Crippen LogP contribution is -2.15. The van der Waals surface area contributed by atoms with Crippen molar-refractivity contribution in [3.8, 4) is 5.75 Å². The van der Waals surface area contributed by atoms with E-state index in [1.54, 1.807) is 13.1 Å². The summed E-state index contributed by atoms with van der Waals surface area (Å²) in [5.74, 6) is -0.237. The van der Waals surface area contributed by atoms with Crippen LogP contribution in [-0.4, -0.2) is 43.7 Å². The summed E-state index contributed by atoms with van der Waals surface area (Å²) in [6.45, 7) is 2.59. The van der Waals surface area contributed by atoms with Gasteiger partial charge >= 0.3 is 0 Å². The molecule has 28 heavy (non-hydrogen) atoms. The number of fused-ring (bicyclic) bond motifs is 1. The number of halogens is 1. The Labute approximate surface area is 165 Å². The van der Waals surface area contributed by atoms with Crippen molar-refractivity contribution in [2.45, 2.75) is 20.0 Å². The molecule has 0 unspecified atom stereocenters. The van der Waals surface area contributed by atoms with Crippen LogP contribution in [0.3, 0.4) is 0 Å². The number of hydrogen-bond acceptors (Lipinski definition) is 4. The molecule has 7 heteroatoms. The Kier molecular flexibility index (Phi) is 6.05. The molecule has 0 N–H and O–H groups in total. The predicted molar refractivity (Wildman–Crippen MR) is 110 cm³/mol. The van der Waals surface area contributed by atoms with Gasteiger partial charge in [0.05, 0.1) is 11.3 Å². The van der Waals surface area contributed by atoms with Gasteiger partial charge in [0.2, 0.25) is 10.0 Å². The number of hydrogen-bond donors (Lipinski definition) is 0. The van der Waals surface area contributed by atoms with Gasteiger partial charge in [0.1, 0.15) is 18.2 Å². The molecule has 0 bridgehead atoms. The summed E-state index contributed by atoms with van der Waals surface area (Å²) in [6, 6.07) is 12.2. The second kappa shape index (κ2) is 8.32. The maximum Gasteiger partial charge on any atom is 0.238 e. The van der Waals surface area contributed by atoms with Gasteiger partial charge in [-0.1, -0.05) is 30.3 Å². The highest BCUT2D eigenvalue weighted by Crippen LogP contribution is 2.34. The van der Waals surface area contributed by atoms with Crippen LogP contribution >= 0.6 is 0 Å². The normalized spacial score (nSPS) is 12.0. The molecule has 2 aromatic carbocycles. The molecule has 0 spiro atoms. The smallest absolute Gasteiger partial charge is 0.238 e. The van der Waals surface area contributed by atoms with Gasteiger partial charge < -0.3 is 9.64 Å². The highest BCUT2D eigenvalue weighted by atomic mass is 32.2. The molecule has 0 atom stereocenters. The van der Waals surface area contributed by atoms with E-state index in [1.807, 2.05) is 49.3 Å². The molecule has 0 aliphatic carbocycles. The number of aromatic nitrogens is 1. The van der Waals surface area contributed by atoms with Crippen LogP contribution in [0, 0.1) is 5.82 Å². The van der Waals surface area contributed by atoms with Gasteiger partial charge in [-0.15, -0.1) is 0 Å². The van der Waals surface area contributed by atoms with Gasteiger partial charge in [0.25, 0.3) is 0 Å². The molecule has 0 amide bonds. The fourth-order valence-electron chi connectivity index (χ4n) is 3.09. The summed E-state index contributed by atoms with van der Waals surface area (Å²) < 4.78 is 46.6. The molecule has 3 aromatic rings. The average molecular weight is 405 g/mol. The Hall–Kier alpha value is -2.38. The zero-order chi connectivity index (χ0) is 20.3. The fraction of sp³-hybridized carbons (Fsp3) is 0.333. The highest BCUT2D eigenvalue weighted by molar-refractivity contribution is 7.90. The third-order valence-electron chi connectivity index (χ3n) is 4.61. The summed E-state index contributed by atoms with van der Waals surface area (Å²) >= 11 is 0. The molecule has 0 aliphatic rings. The summed E-state index contributed by atoms with van der Waals surface area (Å²) in [6.07, 6.45) is 2.23. The molecular weight excluding hydrogens is 379 g/mol. The third-order valence-corrected chi connectivity index (χ3v) is 6.24. The van der Waals surface area contributed by atoms with E-state index in [9.17, 15) is 12.8 Å². The van der Waals surface area contributed by atoms with Crippen molar-refractivity contribution in [2.24, 2.45) is 0 Å². The summed E-state index contributed by atoms with van der Waals surface area (Å²) in [7, 11) is 0.343. The first-order chi connectivity index (χ1) is 13.3. The number of nitrogens with zero attached hydrogens (tertiary/aromatic N) is 2. The molecule has 0 radical (unpaired) electrons. The molecular formula is C21H25FN2O3S. The molecule has 1 heterocycles. The zero-order valence-corrected chi connectivity index (χ0v) is 17.2. The first kappa shape index (κ1) is 20.4. The quantitative estimate of drug-likeness (QED) is 0.575. The monoisotopic (exact) mass is 404 g/mol. The van der Waals surface area contributed by atoms with E-state index in [-0.39, 0.29) is 12.4 Å². The minimum absolute atomic E-state index is 0.0688. The van der Waals surface area contributed by atoms with Crippen LogP contribution in [0.5, 0.6) is 5.75 Å². The van der Waals surface area contributed by atoms with Crippen molar-refractivity contribution < 1.29 is 17.5 Å². The van der Waals surface area contributed by atoms with Crippen LogP contribution in [0.4, 0.5) is 4.39 Å². The Bertz CT molecular complexity index is 1060. The lowest BCUT2D eigenvalue weighted by Gasteiger charge is -2.12. The van der Waals surface area contributed by atoms with Crippen molar-refractivity contribution >= 4 is 20.9 Å². The highest BCUT2D eigenvalue weighted by Gasteiger charge is 2.21. The van der Waals surface area contributed by atoms with Crippen LogP contribution in [0.15, 0.2) is 48.7 Å². The number of rotatable bonds is 8. The zero-order valence-electron chi connectivity index (χ0n) is 16.4. The number of likely N-dealkylation sites (N-methyl/N-ethyl adjacent to an activating group) is 1. The fourth-order valence-corrected chi connectivity index (χ4v) is 4.10. The Morgan fingerprint density at radius 1 is 1.14 bits per heavy atom. The van der Waals surface area contributed by atoms with Gasteiger partial charge in [-0.2, -0.15) is 0 Å². The molecule has 3 rings (SSSR count). The van der Waals surface area contributed by atoms with E-state index in [0.717, 1.165) is 17.7 Å². The van der Waals surface area contributed by atoms with Gasteiger partial charge in [-0.25, -0.2) is 16.8 Å². The summed E-state index contributed by atoms with van der Waals surface area (Å²) in [5, 5.41) is 0.649. The minimum atomic E-state index is -3.56. The summed E-state index contributed by atoms with van der Waals surface area (Å²) in [5.41, 5.74) is 2.10. The molecule has 0 fully saturated rings. The van der Waals surface area contributed by atoms with E-state index >= 15 is 0 Å². The van der Waals surface area contributed by atoms with Gasteiger partial charge in [-0.3, -0.25) is 0 Å². The van der Waals surface area contributed by atoms with E-state index in [1.165, 1.54) is 16.1 Å². The van der Waals surface area contributed by atoms with E-state index in [2.05, 4.69) is 0 Å². The SMILES string of the molecule is CCS(=O)(=O)n1cc(CCN(C)C)c2c(OCc3ccccc3)cc(F)cc21. The Balaban J connectivity index is 2.11. The number of benzene rings is 2. The first-order valence-electron chi connectivity index (χ1n) is 9.20. The average Bonchev–Trinajstić information content (AvgIpc) is 3.04. The maximum absolute atomic E-state index is 14.3. The van der Waals surface area contributed by atoms with Crippen molar-refractivity contribution in [2.75, 3.05) is 26.4 Å². The third kappa shape index (κ3) is 4.36. The van der Waals surface area contributed by atoms with Crippen molar-refractivity contribution in [3.63, 3.8) is 0 Å². The van der Waals surface area contributed by atoms with Crippen LogP contribution in [-0.2, 0) is 23.1 Å². The summed E-state index contributed by atoms with van der Waals surface area (Å²) in [4.78, 5) is 2.02. The van der Waals surface area contributed by atoms with Crippen LogP contribution < -0.4 is 4.74 Å². The van der Waals surface area contributed by atoms with E-state index in [4.69, 9.17) is 4.74 Å². The number of ether oxygens (including phenoxy) is 1.